The zero-order valence-electron chi connectivity index (χ0n) is 10.8. The molecule has 17 heavy (non-hydrogen) atoms. The molecule has 2 heterocycles. The van der Waals surface area contributed by atoms with E-state index in [1.54, 1.807) is 10.9 Å². The van der Waals surface area contributed by atoms with Crippen molar-refractivity contribution in [3.05, 3.63) is 18.1 Å². The van der Waals surface area contributed by atoms with Gasteiger partial charge in [-0.2, -0.15) is 5.10 Å². The van der Waals surface area contributed by atoms with Crippen LogP contribution in [0.4, 0.5) is 5.82 Å². The van der Waals surface area contributed by atoms with Crippen LogP contribution in [0.5, 0.6) is 0 Å². The lowest BCUT2D eigenvalue weighted by Gasteiger charge is -2.21. The molecule has 0 spiro atoms. The lowest BCUT2D eigenvalue weighted by Crippen LogP contribution is -2.17. The van der Waals surface area contributed by atoms with Gasteiger partial charge in [0.2, 0.25) is 0 Å². The number of aromatic amines is 1. The fourth-order valence-electron chi connectivity index (χ4n) is 1.76. The number of nitrogens with two attached hydrogens (primary N) is 1. The average Bonchev–Trinajstić information content (AvgIpc) is 2.85. The summed E-state index contributed by atoms with van der Waals surface area (Å²) in [6, 6.07) is 0. The largest absolute Gasteiger partial charge is 0.382 e. The van der Waals surface area contributed by atoms with Crippen LogP contribution in [0.15, 0.2) is 12.4 Å². The Morgan fingerprint density at radius 2 is 2.18 bits per heavy atom. The molecule has 5 heteroatoms. The molecule has 0 amide bonds. The van der Waals surface area contributed by atoms with Gasteiger partial charge in [0.15, 0.2) is 0 Å². The summed E-state index contributed by atoms with van der Waals surface area (Å²) in [6.07, 6.45) is 4.70. The summed E-state index contributed by atoms with van der Waals surface area (Å²) in [5, 5.41) is 4.13. The zero-order valence-corrected chi connectivity index (χ0v) is 10.8. The molecule has 92 valence electrons. The van der Waals surface area contributed by atoms with Gasteiger partial charge in [-0.05, 0) is 6.42 Å². The minimum atomic E-state index is 0.0115. The maximum Gasteiger partial charge on any atom is 0.145 e. The van der Waals surface area contributed by atoms with Crippen molar-refractivity contribution in [1.82, 2.24) is 19.7 Å². The number of aryl methyl sites for hydroxylation is 1. The summed E-state index contributed by atoms with van der Waals surface area (Å²) < 4.78 is 1.75. The normalized spacial score (nSPS) is 12.0. The van der Waals surface area contributed by atoms with Gasteiger partial charge in [0.05, 0.1) is 17.5 Å². The van der Waals surface area contributed by atoms with Gasteiger partial charge in [-0.25, -0.2) is 4.98 Å². The average molecular weight is 233 g/mol. The number of aromatic nitrogens is 4. The van der Waals surface area contributed by atoms with Crippen LogP contribution in [0.2, 0.25) is 0 Å². The Balaban J connectivity index is 2.44. The number of nitrogens with zero attached hydrogens (tertiary/aromatic N) is 3. The highest BCUT2D eigenvalue weighted by atomic mass is 15.2. The Labute approximate surface area is 101 Å². The molecule has 2 aromatic heterocycles. The Morgan fingerprint density at radius 1 is 1.47 bits per heavy atom. The van der Waals surface area contributed by atoms with E-state index in [9.17, 15) is 0 Å². The van der Waals surface area contributed by atoms with E-state index in [0.717, 1.165) is 23.5 Å². The van der Waals surface area contributed by atoms with E-state index in [0.29, 0.717) is 5.82 Å². The van der Waals surface area contributed by atoms with Crippen molar-refractivity contribution in [2.45, 2.75) is 32.6 Å². The predicted octanol–water partition coefficient (Wildman–Crippen LogP) is 2.08. The van der Waals surface area contributed by atoms with Gasteiger partial charge in [-0.3, -0.25) is 4.68 Å². The summed E-state index contributed by atoms with van der Waals surface area (Å²) in [6.45, 7) is 6.46. The Kier molecular flexibility index (Phi) is 2.69. The van der Waals surface area contributed by atoms with Gasteiger partial charge in [0.1, 0.15) is 11.6 Å². The molecule has 0 bridgehead atoms. The van der Waals surface area contributed by atoms with E-state index in [1.807, 2.05) is 13.2 Å². The molecule has 3 N–H and O–H groups in total. The molecule has 0 aliphatic rings. The van der Waals surface area contributed by atoms with Crippen molar-refractivity contribution in [2.24, 2.45) is 7.05 Å². The molecule has 0 radical (unpaired) electrons. The van der Waals surface area contributed by atoms with Crippen LogP contribution >= 0.6 is 0 Å². The monoisotopic (exact) mass is 233 g/mol. The summed E-state index contributed by atoms with van der Waals surface area (Å²) >= 11 is 0. The summed E-state index contributed by atoms with van der Waals surface area (Å²) in [7, 11) is 1.88. The van der Waals surface area contributed by atoms with E-state index >= 15 is 0 Å². The molecule has 0 atom stereocenters. The van der Waals surface area contributed by atoms with Crippen molar-refractivity contribution >= 4 is 5.82 Å². The van der Waals surface area contributed by atoms with Crippen LogP contribution in [-0.2, 0) is 12.5 Å². The van der Waals surface area contributed by atoms with Crippen LogP contribution < -0.4 is 5.73 Å². The number of rotatable bonds is 3. The summed E-state index contributed by atoms with van der Waals surface area (Å²) in [5.74, 6) is 1.36. The molecule has 0 saturated heterocycles. The number of hydrogen-bond acceptors (Lipinski definition) is 3. The number of H-pyrrole nitrogens is 1. The lowest BCUT2D eigenvalue weighted by molar-refractivity contribution is 0.495. The molecule has 2 aromatic rings. The van der Waals surface area contributed by atoms with Crippen LogP contribution in [-0.4, -0.2) is 19.7 Å². The molecular weight excluding hydrogens is 214 g/mol. The molecule has 0 aliphatic heterocycles. The highest BCUT2D eigenvalue weighted by Crippen LogP contribution is 2.31. The molecule has 0 saturated carbocycles. The summed E-state index contributed by atoms with van der Waals surface area (Å²) in [4.78, 5) is 7.69. The highest BCUT2D eigenvalue weighted by molar-refractivity contribution is 5.58. The van der Waals surface area contributed by atoms with Gasteiger partial charge in [0.25, 0.3) is 0 Å². The number of nitrogens with one attached hydrogen (secondary N) is 1. The van der Waals surface area contributed by atoms with Gasteiger partial charge >= 0.3 is 0 Å². The topological polar surface area (TPSA) is 72.5 Å². The smallest absolute Gasteiger partial charge is 0.145 e. The second kappa shape index (κ2) is 3.91. The van der Waals surface area contributed by atoms with Crippen molar-refractivity contribution in [3.8, 4) is 11.4 Å². The minimum absolute atomic E-state index is 0.0115. The Morgan fingerprint density at radius 3 is 2.71 bits per heavy atom. The number of imidazole rings is 1. The third-order valence-corrected chi connectivity index (χ3v) is 3.27. The summed E-state index contributed by atoms with van der Waals surface area (Å²) in [5.41, 5.74) is 7.94. The first-order valence-electron chi connectivity index (χ1n) is 5.79. The first-order valence-corrected chi connectivity index (χ1v) is 5.79. The van der Waals surface area contributed by atoms with Crippen molar-refractivity contribution < 1.29 is 0 Å². The second-order valence-corrected chi connectivity index (χ2v) is 4.99. The Bertz CT molecular complexity index is 521. The van der Waals surface area contributed by atoms with Crippen molar-refractivity contribution in [1.29, 1.82) is 0 Å². The maximum absolute atomic E-state index is 5.98. The third kappa shape index (κ3) is 2.05. The zero-order chi connectivity index (χ0) is 12.6. The van der Waals surface area contributed by atoms with Gasteiger partial charge in [0, 0.05) is 18.7 Å². The van der Waals surface area contributed by atoms with Crippen molar-refractivity contribution in [2.75, 3.05) is 5.73 Å². The van der Waals surface area contributed by atoms with E-state index in [-0.39, 0.29) is 5.41 Å². The molecule has 2 rings (SSSR count). The molecule has 0 unspecified atom stereocenters. The Hall–Kier alpha value is -1.78. The second-order valence-electron chi connectivity index (χ2n) is 4.99. The fraction of sp³-hybridized carbons (Fsp3) is 0.500. The van der Waals surface area contributed by atoms with E-state index in [1.165, 1.54) is 0 Å². The van der Waals surface area contributed by atoms with Crippen LogP contribution in [0.25, 0.3) is 11.4 Å². The number of nitrogen functional groups attached to an aromatic ring is 1. The van der Waals surface area contributed by atoms with Crippen molar-refractivity contribution in [3.63, 3.8) is 0 Å². The quantitative estimate of drug-likeness (QED) is 0.852. The van der Waals surface area contributed by atoms with Gasteiger partial charge in [-0.15, -0.1) is 0 Å². The molecule has 5 nitrogen and oxygen atoms in total. The van der Waals surface area contributed by atoms with Gasteiger partial charge < -0.3 is 10.7 Å². The maximum atomic E-state index is 5.98. The predicted molar refractivity (Wildman–Crippen MR) is 68.5 cm³/mol. The standard InChI is InChI=1S/C12H19N5/c1-5-12(2,3)9-10(13)16-11(15-9)8-6-14-17(4)7-8/h6-7H,5,13H2,1-4H3,(H,15,16). The molecule has 0 fully saturated rings. The lowest BCUT2D eigenvalue weighted by atomic mass is 9.86. The van der Waals surface area contributed by atoms with E-state index in [2.05, 4.69) is 35.8 Å². The first-order chi connectivity index (χ1) is 7.94. The minimum Gasteiger partial charge on any atom is -0.382 e. The third-order valence-electron chi connectivity index (χ3n) is 3.27. The SMILES string of the molecule is CCC(C)(C)c1[nH]c(-c2cnn(C)c2)nc1N. The molecule has 0 aromatic carbocycles. The van der Waals surface area contributed by atoms with E-state index in [4.69, 9.17) is 5.73 Å². The van der Waals surface area contributed by atoms with Crippen LogP contribution in [0.3, 0.4) is 0 Å². The number of hydrogen-bond donors (Lipinski definition) is 2. The fourth-order valence-corrected chi connectivity index (χ4v) is 1.76. The first kappa shape index (κ1) is 11.7. The van der Waals surface area contributed by atoms with Crippen LogP contribution in [0, 0.1) is 0 Å². The van der Waals surface area contributed by atoms with Gasteiger partial charge in [-0.1, -0.05) is 20.8 Å². The molecular formula is C12H19N5. The van der Waals surface area contributed by atoms with Crippen LogP contribution in [0.1, 0.15) is 32.9 Å². The highest BCUT2D eigenvalue weighted by Gasteiger charge is 2.24. The molecule has 0 aliphatic carbocycles. The van der Waals surface area contributed by atoms with E-state index < -0.39 is 0 Å². The number of anilines is 1.